The quantitative estimate of drug-likeness (QED) is 0.722. The van der Waals surface area contributed by atoms with E-state index in [9.17, 15) is 4.53 Å². The van der Waals surface area contributed by atoms with Crippen molar-refractivity contribution in [3.63, 3.8) is 0 Å². The molecule has 0 saturated heterocycles. The molecule has 0 N–H and O–H groups in total. The van der Waals surface area contributed by atoms with Gasteiger partial charge in [-0.25, -0.2) is 9.67 Å². The van der Waals surface area contributed by atoms with Crippen LogP contribution in [0.4, 0.5) is 4.53 Å². The van der Waals surface area contributed by atoms with E-state index in [0.29, 0.717) is 11.1 Å². The number of rotatable bonds is 5. The summed E-state index contributed by atoms with van der Waals surface area (Å²) in [6, 6.07) is 18.5. The van der Waals surface area contributed by atoms with E-state index >= 15 is 0 Å². The molecule has 5 heteroatoms. The highest BCUT2D eigenvalue weighted by Crippen LogP contribution is 2.35. The molecule has 2 aromatic carbocycles. The van der Waals surface area contributed by atoms with E-state index in [0.717, 1.165) is 0 Å². The number of nitrogens with zero attached hydrogens (tertiary/aromatic N) is 3. The molecule has 0 radical (unpaired) electrons. The van der Waals surface area contributed by atoms with Crippen LogP contribution < -0.4 is 0 Å². The number of benzene rings is 2. The van der Waals surface area contributed by atoms with E-state index in [1.807, 2.05) is 60.7 Å². The first-order chi connectivity index (χ1) is 10.3. The van der Waals surface area contributed by atoms with Crippen LogP contribution >= 0.6 is 0 Å². The molecule has 0 spiro atoms. The topological polar surface area (TPSA) is 39.9 Å². The van der Waals surface area contributed by atoms with Crippen LogP contribution in [-0.4, -0.2) is 14.8 Å². The molecule has 0 amide bonds. The van der Waals surface area contributed by atoms with Gasteiger partial charge in [0.1, 0.15) is 12.7 Å². The summed E-state index contributed by atoms with van der Waals surface area (Å²) in [5, 5.41) is 4.06. The Labute approximate surface area is 121 Å². The summed E-state index contributed by atoms with van der Waals surface area (Å²) < 4.78 is 15.3. The molecule has 106 valence electrons. The summed E-state index contributed by atoms with van der Waals surface area (Å²) in [5.41, 5.74) is 0.180. The van der Waals surface area contributed by atoms with Crippen molar-refractivity contribution >= 4 is 0 Å². The SMILES string of the molecule is FOC(Cn1cncn1)(c1ccccc1)c1ccccc1. The first-order valence-corrected chi connectivity index (χ1v) is 6.58. The minimum atomic E-state index is -1.25. The minimum absolute atomic E-state index is 0.192. The van der Waals surface area contributed by atoms with Crippen molar-refractivity contribution in [1.29, 1.82) is 0 Å². The molecule has 0 atom stereocenters. The zero-order chi connectivity index (χ0) is 14.5. The predicted octanol–water partition coefficient (Wildman–Crippen LogP) is 3.12. The maximum absolute atomic E-state index is 13.7. The fraction of sp³-hybridized carbons (Fsp3) is 0.125. The second-order valence-corrected chi connectivity index (χ2v) is 4.73. The lowest BCUT2D eigenvalue weighted by atomic mass is 9.86. The molecule has 0 aliphatic heterocycles. The van der Waals surface area contributed by atoms with Crippen LogP contribution in [0.25, 0.3) is 0 Å². The third kappa shape index (κ3) is 2.55. The van der Waals surface area contributed by atoms with E-state index in [4.69, 9.17) is 0 Å². The maximum atomic E-state index is 13.7. The van der Waals surface area contributed by atoms with Gasteiger partial charge in [-0.1, -0.05) is 60.7 Å². The van der Waals surface area contributed by atoms with Gasteiger partial charge in [-0.3, -0.25) is 0 Å². The Bertz CT molecular complexity index is 632. The second-order valence-electron chi connectivity index (χ2n) is 4.73. The van der Waals surface area contributed by atoms with Crippen LogP contribution in [-0.2, 0) is 17.1 Å². The minimum Gasteiger partial charge on any atom is -0.249 e. The van der Waals surface area contributed by atoms with Crippen molar-refractivity contribution in [2.24, 2.45) is 0 Å². The summed E-state index contributed by atoms with van der Waals surface area (Å²) in [4.78, 5) is 8.40. The molecule has 3 aromatic rings. The Morgan fingerprint density at radius 2 is 1.52 bits per heavy atom. The molecule has 3 rings (SSSR count). The van der Waals surface area contributed by atoms with Crippen LogP contribution in [0, 0.1) is 0 Å². The first-order valence-electron chi connectivity index (χ1n) is 6.58. The Morgan fingerprint density at radius 3 is 1.95 bits per heavy atom. The third-order valence-electron chi connectivity index (χ3n) is 3.46. The molecule has 4 nitrogen and oxygen atoms in total. The lowest BCUT2D eigenvalue weighted by Crippen LogP contribution is -2.34. The molecule has 1 aromatic heterocycles. The average molecular weight is 283 g/mol. The first kappa shape index (κ1) is 13.5. The van der Waals surface area contributed by atoms with Crippen LogP contribution in [0.1, 0.15) is 11.1 Å². The number of hydrogen-bond acceptors (Lipinski definition) is 3. The number of hydrogen-bond donors (Lipinski definition) is 0. The Balaban J connectivity index is 2.13. The van der Waals surface area contributed by atoms with Crippen molar-refractivity contribution < 1.29 is 9.47 Å². The molecule has 0 fully saturated rings. The second kappa shape index (κ2) is 5.85. The molecular formula is C16H14FN3O. The van der Waals surface area contributed by atoms with E-state index in [1.165, 1.54) is 6.33 Å². The van der Waals surface area contributed by atoms with Gasteiger partial charge in [0.2, 0.25) is 0 Å². The van der Waals surface area contributed by atoms with Crippen molar-refractivity contribution in [3.8, 4) is 0 Å². The zero-order valence-corrected chi connectivity index (χ0v) is 11.3. The van der Waals surface area contributed by atoms with Crippen LogP contribution in [0.5, 0.6) is 0 Å². The van der Waals surface area contributed by atoms with Crippen molar-refractivity contribution in [3.05, 3.63) is 84.4 Å². The highest BCUT2D eigenvalue weighted by atomic mass is 19.3. The van der Waals surface area contributed by atoms with E-state index in [2.05, 4.69) is 15.0 Å². The van der Waals surface area contributed by atoms with Crippen molar-refractivity contribution in [2.75, 3.05) is 0 Å². The van der Waals surface area contributed by atoms with E-state index in [1.54, 1.807) is 11.0 Å². The predicted molar refractivity (Wildman–Crippen MR) is 75.9 cm³/mol. The highest BCUT2D eigenvalue weighted by molar-refractivity contribution is 5.36. The number of aromatic nitrogens is 3. The molecule has 21 heavy (non-hydrogen) atoms. The normalized spacial score (nSPS) is 11.5. The largest absolute Gasteiger partial charge is 0.249 e. The Kier molecular flexibility index (Phi) is 3.75. The smallest absolute Gasteiger partial charge is 0.178 e. The Hall–Kier alpha value is -2.53. The summed E-state index contributed by atoms with van der Waals surface area (Å²) in [6.45, 7) is 0.192. The summed E-state index contributed by atoms with van der Waals surface area (Å²) in [5.74, 6) is 0. The van der Waals surface area contributed by atoms with Gasteiger partial charge in [-0.05, 0) is 15.7 Å². The molecule has 0 aliphatic carbocycles. The van der Waals surface area contributed by atoms with E-state index < -0.39 is 5.60 Å². The standard InChI is InChI=1S/C16H14FN3O/c17-21-16(11-20-13-18-12-19-20,14-7-3-1-4-8-14)15-9-5-2-6-10-15/h1-10,12-13H,11H2. The van der Waals surface area contributed by atoms with Gasteiger partial charge in [0.15, 0.2) is 5.60 Å². The van der Waals surface area contributed by atoms with E-state index in [-0.39, 0.29) is 6.54 Å². The monoisotopic (exact) mass is 283 g/mol. The zero-order valence-electron chi connectivity index (χ0n) is 11.3. The van der Waals surface area contributed by atoms with Crippen LogP contribution in [0.3, 0.4) is 0 Å². The summed E-state index contributed by atoms with van der Waals surface area (Å²) in [7, 11) is 0. The Morgan fingerprint density at radius 1 is 0.952 bits per heavy atom. The third-order valence-corrected chi connectivity index (χ3v) is 3.46. The lowest BCUT2D eigenvalue weighted by Gasteiger charge is -2.30. The molecule has 0 aliphatic rings. The molecule has 0 unspecified atom stereocenters. The van der Waals surface area contributed by atoms with Crippen LogP contribution in [0.2, 0.25) is 0 Å². The molecule has 0 saturated carbocycles. The molecule has 1 heterocycles. The number of halogens is 1. The van der Waals surface area contributed by atoms with Gasteiger partial charge in [0.25, 0.3) is 0 Å². The van der Waals surface area contributed by atoms with Gasteiger partial charge < -0.3 is 0 Å². The average Bonchev–Trinajstić information content (AvgIpc) is 3.07. The van der Waals surface area contributed by atoms with Gasteiger partial charge in [0.05, 0.1) is 6.54 Å². The van der Waals surface area contributed by atoms with Gasteiger partial charge >= 0.3 is 0 Å². The van der Waals surface area contributed by atoms with Gasteiger partial charge in [-0.15, -0.1) is 0 Å². The molecular weight excluding hydrogens is 269 g/mol. The van der Waals surface area contributed by atoms with Gasteiger partial charge in [0, 0.05) is 0 Å². The van der Waals surface area contributed by atoms with Gasteiger partial charge in [-0.2, -0.15) is 10.0 Å². The maximum Gasteiger partial charge on any atom is 0.178 e. The highest BCUT2D eigenvalue weighted by Gasteiger charge is 2.38. The van der Waals surface area contributed by atoms with Crippen LogP contribution in [0.15, 0.2) is 73.3 Å². The summed E-state index contributed by atoms with van der Waals surface area (Å²) in [6.07, 6.45) is 2.96. The molecule has 0 bridgehead atoms. The fourth-order valence-electron chi connectivity index (χ4n) is 2.42. The lowest BCUT2D eigenvalue weighted by molar-refractivity contribution is -0.231. The van der Waals surface area contributed by atoms with Crippen molar-refractivity contribution in [1.82, 2.24) is 14.8 Å². The summed E-state index contributed by atoms with van der Waals surface area (Å²) >= 11 is 0. The fourth-order valence-corrected chi connectivity index (χ4v) is 2.42. The van der Waals surface area contributed by atoms with Crippen molar-refractivity contribution in [2.45, 2.75) is 12.1 Å².